The van der Waals surface area contributed by atoms with Crippen LogP contribution in [0.15, 0.2) is 40.3 Å². The van der Waals surface area contributed by atoms with Gasteiger partial charge in [0, 0.05) is 36.7 Å². The zero-order chi connectivity index (χ0) is 20.5. The first-order valence-electron chi connectivity index (χ1n) is 10.4. The second kappa shape index (κ2) is 8.43. The fraction of sp³-hybridized carbons (Fsp3) is 0.409. The molecule has 6 nitrogen and oxygen atoms in total. The highest BCUT2D eigenvalue weighted by Crippen LogP contribution is 2.34. The maximum absolute atomic E-state index is 12.7. The van der Waals surface area contributed by atoms with E-state index in [9.17, 15) is 9.59 Å². The molecular weight excluding hydrogens is 416 g/mol. The average molecular weight is 441 g/mol. The SMILES string of the molecule is O=C(CSc1nc2sc3c(c2c(=O)[nH]1)CCCC3)N1CCN(c2ccccc2)CC1. The fourth-order valence-electron chi connectivity index (χ4n) is 4.29. The molecule has 0 saturated carbocycles. The first-order valence-corrected chi connectivity index (χ1v) is 12.2. The molecule has 0 radical (unpaired) electrons. The molecular formula is C22H24N4O2S2. The number of rotatable bonds is 4. The number of aryl methyl sites for hydroxylation is 2. The Kier molecular flexibility index (Phi) is 5.52. The first-order chi connectivity index (χ1) is 14.7. The minimum absolute atomic E-state index is 0.0641. The highest BCUT2D eigenvalue weighted by Gasteiger charge is 2.23. The number of benzene rings is 1. The third kappa shape index (κ3) is 3.86. The van der Waals surface area contributed by atoms with Gasteiger partial charge in [-0.3, -0.25) is 9.59 Å². The summed E-state index contributed by atoms with van der Waals surface area (Å²) in [5.74, 6) is 0.395. The van der Waals surface area contributed by atoms with Crippen LogP contribution in [-0.4, -0.2) is 52.7 Å². The van der Waals surface area contributed by atoms with Gasteiger partial charge in [-0.15, -0.1) is 11.3 Å². The van der Waals surface area contributed by atoms with Gasteiger partial charge < -0.3 is 14.8 Å². The number of carbonyl (C=O) groups is 1. The molecule has 156 valence electrons. The van der Waals surface area contributed by atoms with Crippen molar-refractivity contribution >= 4 is 44.9 Å². The molecule has 1 aliphatic heterocycles. The quantitative estimate of drug-likeness (QED) is 0.498. The van der Waals surface area contributed by atoms with E-state index < -0.39 is 0 Å². The number of anilines is 1. The van der Waals surface area contributed by atoms with Crippen LogP contribution in [0.5, 0.6) is 0 Å². The Morgan fingerprint density at radius 2 is 1.87 bits per heavy atom. The van der Waals surface area contributed by atoms with Crippen molar-refractivity contribution < 1.29 is 4.79 Å². The number of aromatic amines is 1. The number of fused-ring (bicyclic) bond motifs is 3. The Morgan fingerprint density at radius 3 is 2.67 bits per heavy atom. The molecule has 30 heavy (non-hydrogen) atoms. The Labute approximate surface area is 183 Å². The third-order valence-corrected chi connectivity index (χ3v) is 7.93. The van der Waals surface area contributed by atoms with Crippen molar-refractivity contribution in [2.45, 2.75) is 30.8 Å². The number of nitrogens with zero attached hydrogens (tertiary/aromatic N) is 3. The fourth-order valence-corrected chi connectivity index (χ4v) is 6.37. The number of thiophene rings is 1. The van der Waals surface area contributed by atoms with E-state index in [1.165, 1.54) is 34.3 Å². The number of para-hydroxylation sites is 1. The van der Waals surface area contributed by atoms with E-state index in [4.69, 9.17) is 0 Å². The van der Waals surface area contributed by atoms with Crippen molar-refractivity contribution in [1.82, 2.24) is 14.9 Å². The molecule has 1 saturated heterocycles. The van der Waals surface area contributed by atoms with Crippen molar-refractivity contribution in [2.75, 3.05) is 36.8 Å². The molecule has 1 aromatic carbocycles. The number of carbonyl (C=O) groups excluding carboxylic acids is 1. The van der Waals surface area contributed by atoms with E-state index in [2.05, 4.69) is 27.0 Å². The van der Waals surface area contributed by atoms with Crippen LogP contribution in [0.2, 0.25) is 0 Å². The van der Waals surface area contributed by atoms with E-state index in [1.807, 2.05) is 23.1 Å². The van der Waals surface area contributed by atoms with Crippen LogP contribution in [-0.2, 0) is 17.6 Å². The number of amides is 1. The molecule has 2 aliphatic rings. The van der Waals surface area contributed by atoms with Crippen molar-refractivity contribution in [3.05, 3.63) is 51.1 Å². The van der Waals surface area contributed by atoms with E-state index in [0.717, 1.165) is 55.7 Å². The number of hydrogen-bond donors (Lipinski definition) is 1. The van der Waals surface area contributed by atoms with Crippen molar-refractivity contribution in [2.24, 2.45) is 0 Å². The average Bonchev–Trinajstić information content (AvgIpc) is 3.17. The van der Waals surface area contributed by atoms with Crippen LogP contribution in [0.3, 0.4) is 0 Å². The Hall–Kier alpha value is -2.32. The molecule has 0 spiro atoms. The molecule has 2 aromatic heterocycles. The van der Waals surface area contributed by atoms with Gasteiger partial charge in [-0.25, -0.2) is 4.98 Å². The maximum atomic E-state index is 12.7. The molecule has 3 aromatic rings. The summed E-state index contributed by atoms with van der Waals surface area (Å²) < 4.78 is 0. The minimum atomic E-state index is -0.0641. The van der Waals surface area contributed by atoms with Gasteiger partial charge in [-0.05, 0) is 43.4 Å². The van der Waals surface area contributed by atoms with Crippen LogP contribution in [0, 0.1) is 0 Å². The summed E-state index contributed by atoms with van der Waals surface area (Å²) in [4.78, 5) is 39.2. The molecule has 5 rings (SSSR count). The standard InChI is InChI=1S/C22H24N4O2S2/c27-18(26-12-10-25(11-13-26)15-6-2-1-3-7-15)14-29-22-23-20(28)19-16-8-4-5-9-17(16)30-21(19)24-22/h1-3,6-7H,4-5,8-14H2,(H,23,24,28). The second-order valence-corrected chi connectivity index (χ2v) is 9.80. The molecule has 0 bridgehead atoms. The highest BCUT2D eigenvalue weighted by molar-refractivity contribution is 7.99. The van der Waals surface area contributed by atoms with Crippen LogP contribution in [0.25, 0.3) is 10.2 Å². The van der Waals surface area contributed by atoms with Gasteiger partial charge in [-0.1, -0.05) is 30.0 Å². The summed E-state index contributed by atoms with van der Waals surface area (Å²) in [6, 6.07) is 10.3. The van der Waals surface area contributed by atoms with Crippen LogP contribution >= 0.6 is 23.1 Å². The van der Waals surface area contributed by atoms with Crippen molar-refractivity contribution in [3.8, 4) is 0 Å². The maximum Gasteiger partial charge on any atom is 0.260 e. The number of H-pyrrole nitrogens is 1. The van der Waals surface area contributed by atoms with Gasteiger partial charge >= 0.3 is 0 Å². The zero-order valence-electron chi connectivity index (χ0n) is 16.7. The molecule has 3 heterocycles. The van der Waals surface area contributed by atoms with Crippen LogP contribution < -0.4 is 10.5 Å². The number of aromatic nitrogens is 2. The lowest BCUT2D eigenvalue weighted by atomic mass is 9.97. The molecule has 1 amide bonds. The van der Waals surface area contributed by atoms with E-state index >= 15 is 0 Å². The van der Waals surface area contributed by atoms with Crippen molar-refractivity contribution in [1.29, 1.82) is 0 Å². The normalized spacial score (nSPS) is 16.7. The van der Waals surface area contributed by atoms with Crippen LogP contribution in [0.1, 0.15) is 23.3 Å². The van der Waals surface area contributed by atoms with E-state index in [-0.39, 0.29) is 11.5 Å². The molecule has 0 unspecified atom stereocenters. The largest absolute Gasteiger partial charge is 0.368 e. The summed E-state index contributed by atoms with van der Waals surface area (Å²) in [7, 11) is 0. The van der Waals surface area contributed by atoms with E-state index in [1.54, 1.807) is 11.3 Å². The summed E-state index contributed by atoms with van der Waals surface area (Å²) in [6.07, 6.45) is 4.35. The van der Waals surface area contributed by atoms with Gasteiger partial charge in [0.1, 0.15) is 4.83 Å². The lowest BCUT2D eigenvalue weighted by Crippen LogP contribution is -2.49. The summed E-state index contributed by atoms with van der Waals surface area (Å²) in [6.45, 7) is 3.11. The number of piperazine rings is 1. The monoisotopic (exact) mass is 440 g/mol. The Balaban J connectivity index is 1.22. The smallest absolute Gasteiger partial charge is 0.260 e. The number of thioether (sulfide) groups is 1. The first kappa shape index (κ1) is 19.6. The number of hydrogen-bond acceptors (Lipinski definition) is 6. The van der Waals surface area contributed by atoms with Gasteiger partial charge in [-0.2, -0.15) is 0 Å². The zero-order valence-corrected chi connectivity index (χ0v) is 18.4. The van der Waals surface area contributed by atoms with Gasteiger partial charge in [0.15, 0.2) is 5.16 Å². The van der Waals surface area contributed by atoms with Crippen molar-refractivity contribution in [3.63, 3.8) is 0 Å². The lowest BCUT2D eigenvalue weighted by molar-refractivity contribution is -0.128. The summed E-state index contributed by atoms with van der Waals surface area (Å²) >= 11 is 2.97. The third-order valence-electron chi connectivity index (χ3n) is 5.89. The molecule has 1 fully saturated rings. The molecule has 1 aliphatic carbocycles. The summed E-state index contributed by atoms with van der Waals surface area (Å²) in [5.41, 5.74) is 2.33. The second-order valence-electron chi connectivity index (χ2n) is 7.75. The van der Waals surface area contributed by atoms with Crippen LogP contribution in [0.4, 0.5) is 5.69 Å². The molecule has 0 atom stereocenters. The Morgan fingerprint density at radius 1 is 1.10 bits per heavy atom. The molecule has 1 N–H and O–H groups in total. The predicted octanol–water partition coefficient (Wildman–Crippen LogP) is 3.30. The lowest BCUT2D eigenvalue weighted by Gasteiger charge is -2.36. The highest BCUT2D eigenvalue weighted by atomic mass is 32.2. The predicted molar refractivity (Wildman–Crippen MR) is 123 cm³/mol. The summed E-state index contributed by atoms with van der Waals surface area (Å²) in [5, 5.41) is 1.31. The van der Waals surface area contributed by atoms with Gasteiger partial charge in [0.2, 0.25) is 5.91 Å². The van der Waals surface area contributed by atoms with E-state index in [0.29, 0.717) is 10.9 Å². The Bertz CT molecular complexity index is 1120. The number of nitrogens with one attached hydrogen (secondary N) is 1. The molecule has 8 heteroatoms. The van der Waals surface area contributed by atoms with Gasteiger partial charge in [0.05, 0.1) is 11.1 Å². The topological polar surface area (TPSA) is 69.3 Å². The minimum Gasteiger partial charge on any atom is -0.368 e. The van der Waals surface area contributed by atoms with Gasteiger partial charge in [0.25, 0.3) is 5.56 Å².